The average molecular weight is 334 g/mol. The van der Waals surface area contributed by atoms with Gasteiger partial charge in [0.15, 0.2) is 0 Å². The van der Waals surface area contributed by atoms with E-state index in [0.29, 0.717) is 0 Å². The number of sulfonamides is 1. The van der Waals surface area contributed by atoms with Crippen LogP contribution in [0, 0.1) is 11.6 Å². The van der Waals surface area contributed by atoms with Crippen molar-refractivity contribution in [2.75, 3.05) is 11.8 Å². The first-order valence-electron chi connectivity index (χ1n) is 5.65. The first-order valence-corrected chi connectivity index (χ1v) is 7.51. The molecule has 0 radical (unpaired) electrons. The molecule has 112 valence electrons. The number of nitrogens with one attached hydrogen (secondary N) is 1. The van der Waals surface area contributed by atoms with Crippen molar-refractivity contribution in [2.24, 2.45) is 0 Å². The summed E-state index contributed by atoms with van der Waals surface area (Å²) in [5, 5.41) is -0.316. The summed E-state index contributed by atoms with van der Waals surface area (Å²) >= 11 is 5.56. The van der Waals surface area contributed by atoms with Crippen LogP contribution in [0.2, 0.25) is 5.02 Å². The van der Waals surface area contributed by atoms with Crippen molar-refractivity contribution in [1.29, 1.82) is 0 Å². The van der Waals surface area contributed by atoms with Gasteiger partial charge in [-0.15, -0.1) is 0 Å². The van der Waals surface area contributed by atoms with Gasteiger partial charge < -0.3 is 4.74 Å². The molecule has 0 saturated carbocycles. The zero-order chi connectivity index (χ0) is 15.6. The van der Waals surface area contributed by atoms with Gasteiger partial charge >= 0.3 is 0 Å². The maximum absolute atomic E-state index is 13.1. The summed E-state index contributed by atoms with van der Waals surface area (Å²) in [4.78, 5) is -0.222. The van der Waals surface area contributed by atoms with Gasteiger partial charge in [-0.25, -0.2) is 17.2 Å². The molecule has 0 fully saturated rings. The number of anilines is 1. The van der Waals surface area contributed by atoms with Crippen molar-refractivity contribution in [3.63, 3.8) is 0 Å². The van der Waals surface area contributed by atoms with E-state index in [4.69, 9.17) is 16.3 Å². The lowest BCUT2D eigenvalue weighted by Gasteiger charge is -2.12. The minimum absolute atomic E-state index is 0.0202. The molecule has 0 aliphatic carbocycles. The van der Waals surface area contributed by atoms with Gasteiger partial charge in [-0.2, -0.15) is 0 Å². The minimum atomic E-state index is -4.00. The van der Waals surface area contributed by atoms with Gasteiger partial charge in [-0.05, 0) is 30.3 Å². The molecule has 0 aliphatic heterocycles. The Bertz CT molecular complexity index is 781. The number of hydrogen-bond acceptors (Lipinski definition) is 3. The molecular formula is C13H10ClF2NO3S. The van der Waals surface area contributed by atoms with Gasteiger partial charge in [-0.1, -0.05) is 11.6 Å². The zero-order valence-corrected chi connectivity index (χ0v) is 12.3. The van der Waals surface area contributed by atoms with Gasteiger partial charge in [0, 0.05) is 6.07 Å². The topological polar surface area (TPSA) is 55.4 Å². The van der Waals surface area contributed by atoms with Gasteiger partial charge in [0.1, 0.15) is 17.4 Å². The van der Waals surface area contributed by atoms with Gasteiger partial charge in [0.25, 0.3) is 10.0 Å². The molecule has 0 aromatic heterocycles. The number of benzene rings is 2. The van der Waals surface area contributed by atoms with E-state index in [1.807, 2.05) is 0 Å². The molecule has 1 N–H and O–H groups in total. The second-order valence-electron chi connectivity index (χ2n) is 4.03. The molecule has 0 bridgehead atoms. The van der Waals surface area contributed by atoms with Gasteiger partial charge in [0.2, 0.25) is 0 Å². The van der Waals surface area contributed by atoms with Crippen LogP contribution in [0.25, 0.3) is 0 Å². The fraction of sp³-hybridized carbons (Fsp3) is 0.0769. The van der Waals surface area contributed by atoms with E-state index in [1.54, 1.807) is 0 Å². The molecule has 0 aliphatic rings. The second-order valence-corrected chi connectivity index (χ2v) is 6.12. The third-order valence-corrected chi connectivity index (χ3v) is 4.26. The van der Waals surface area contributed by atoms with Crippen LogP contribution in [0.15, 0.2) is 41.3 Å². The lowest BCUT2D eigenvalue weighted by atomic mass is 10.3. The zero-order valence-electron chi connectivity index (χ0n) is 10.7. The lowest BCUT2D eigenvalue weighted by Crippen LogP contribution is -2.13. The maximum atomic E-state index is 13.1. The summed E-state index contributed by atoms with van der Waals surface area (Å²) in [6, 6.07) is 6.33. The molecule has 2 rings (SSSR count). The van der Waals surface area contributed by atoms with Crippen molar-refractivity contribution in [3.05, 3.63) is 53.1 Å². The molecule has 8 heteroatoms. The summed E-state index contributed by atoms with van der Waals surface area (Å²) in [6.07, 6.45) is 0. The summed E-state index contributed by atoms with van der Waals surface area (Å²) in [7, 11) is -2.72. The highest BCUT2D eigenvalue weighted by Crippen LogP contribution is 2.28. The predicted octanol–water partition coefficient (Wildman–Crippen LogP) is 3.43. The number of rotatable bonds is 4. The highest BCUT2D eigenvalue weighted by Gasteiger charge is 2.18. The second kappa shape index (κ2) is 5.87. The van der Waals surface area contributed by atoms with Crippen LogP contribution < -0.4 is 9.46 Å². The van der Waals surface area contributed by atoms with E-state index in [2.05, 4.69) is 4.72 Å². The molecule has 0 amide bonds. The Hall–Kier alpha value is -1.86. The number of halogens is 3. The van der Waals surface area contributed by atoms with E-state index >= 15 is 0 Å². The maximum Gasteiger partial charge on any atom is 0.262 e. The van der Waals surface area contributed by atoms with Crippen molar-refractivity contribution in [1.82, 2.24) is 0 Å². The van der Waals surface area contributed by atoms with Crippen LogP contribution in [0.5, 0.6) is 5.75 Å². The fourth-order valence-electron chi connectivity index (χ4n) is 1.60. The Kier molecular flexibility index (Phi) is 4.34. The van der Waals surface area contributed by atoms with Crippen molar-refractivity contribution in [3.8, 4) is 5.75 Å². The number of ether oxygens (including phenoxy) is 1. The Morgan fingerprint density at radius 2 is 1.86 bits per heavy atom. The summed E-state index contributed by atoms with van der Waals surface area (Å²) < 4.78 is 57.6. The Labute approximate surface area is 125 Å². The lowest BCUT2D eigenvalue weighted by molar-refractivity contribution is 0.413. The van der Waals surface area contributed by atoms with Crippen LogP contribution in [-0.2, 0) is 10.0 Å². The molecule has 2 aromatic carbocycles. The smallest absolute Gasteiger partial charge is 0.262 e. The monoisotopic (exact) mass is 333 g/mol. The molecule has 0 heterocycles. The van der Waals surface area contributed by atoms with E-state index in [0.717, 1.165) is 30.3 Å². The molecule has 0 atom stereocenters. The third-order valence-electron chi connectivity index (χ3n) is 2.61. The highest BCUT2D eigenvalue weighted by molar-refractivity contribution is 7.92. The van der Waals surface area contributed by atoms with E-state index in [-0.39, 0.29) is 21.4 Å². The number of hydrogen-bond donors (Lipinski definition) is 1. The molecular weight excluding hydrogens is 324 g/mol. The summed E-state index contributed by atoms with van der Waals surface area (Å²) in [5.41, 5.74) is 0.0550. The molecule has 4 nitrogen and oxygen atoms in total. The normalized spacial score (nSPS) is 11.2. The predicted molar refractivity (Wildman–Crippen MR) is 75.2 cm³/mol. The summed E-state index contributed by atoms with van der Waals surface area (Å²) in [5.74, 6) is -1.28. The fourth-order valence-corrected chi connectivity index (χ4v) is 2.94. The van der Waals surface area contributed by atoms with Crippen LogP contribution in [0.1, 0.15) is 0 Å². The first kappa shape index (κ1) is 15.5. The van der Waals surface area contributed by atoms with Crippen molar-refractivity contribution in [2.45, 2.75) is 4.90 Å². The Morgan fingerprint density at radius 3 is 2.48 bits per heavy atom. The van der Waals surface area contributed by atoms with Crippen LogP contribution >= 0.6 is 11.6 Å². The van der Waals surface area contributed by atoms with E-state index in [1.165, 1.54) is 13.2 Å². The van der Waals surface area contributed by atoms with Crippen LogP contribution in [0.3, 0.4) is 0 Å². The van der Waals surface area contributed by atoms with Crippen LogP contribution in [0.4, 0.5) is 14.5 Å². The van der Waals surface area contributed by atoms with Gasteiger partial charge in [-0.3, -0.25) is 4.72 Å². The first-order chi connectivity index (χ1) is 9.83. The Balaban J connectivity index is 2.39. The van der Waals surface area contributed by atoms with Crippen molar-refractivity contribution >= 4 is 27.3 Å². The molecule has 0 spiro atoms. The van der Waals surface area contributed by atoms with E-state index < -0.39 is 21.7 Å². The minimum Gasteiger partial charge on any atom is -0.494 e. The highest BCUT2D eigenvalue weighted by atomic mass is 35.5. The van der Waals surface area contributed by atoms with Crippen LogP contribution in [-0.4, -0.2) is 15.5 Å². The average Bonchev–Trinajstić information content (AvgIpc) is 2.43. The SMILES string of the molecule is COc1cc(F)ccc1NS(=O)(=O)c1ccc(F)c(Cl)c1. The van der Waals surface area contributed by atoms with E-state index in [9.17, 15) is 17.2 Å². The van der Waals surface area contributed by atoms with Gasteiger partial charge in [0.05, 0.1) is 22.7 Å². The largest absolute Gasteiger partial charge is 0.494 e. The molecule has 21 heavy (non-hydrogen) atoms. The quantitative estimate of drug-likeness (QED) is 0.932. The number of methoxy groups -OCH3 is 1. The molecule has 0 unspecified atom stereocenters. The molecule has 2 aromatic rings. The Morgan fingerprint density at radius 1 is 1.14 bits per heavy atom. The molecule has 0 saturated heterocycles. The summed E-state index contributed by atoms with van der Waals surface area (Å²) in [6.45, 7) is 0. The third kappa shape index (κ3) is 3.43. The standard InChI is InChI=1S/C13H10ClF2NO3S/c1-20-13-6-8(15)2-5-12(13)17-21(18,19)9-3-4-11(16)10(14)7-9/h2-7,17H,1H3. The van der Waals surface area contributed by atoms with Crippen molar-refractivity contribution < 1.29 is 21.9 Å².